The smallest absolute Gasteiger partial charge is 0.323 e. The van der Waals surface area contributed by atoms with E-state index >= 15 is 0 Å². The van der Waals surface area contributed by atoms with Gasteiger partial charge >= 0.3 is 5.97 Å². The van der Waals surface area contributed by atoms with E-state index in [4.69, 9.17) is 11.6 Å². The maximum atomic E-state index is 11.2. The number of rotatable bonds is 7. The van der Waals surface area contributed by atoms with Gasteiger partial charge in [-0.3, -0.25) is 4.79 Å². The molecule has 0 radical (unpaired) electrons. The van der Waals surface area contributed by atoms with Gasteiger partial charge in [0.15, 0.2) is 0 Å². The molecule has 100 valence electrons. The topological polar surface area (TPSA) is 62.2 Å². The molecule has 0 saturated carbocycles. The van der Waals surface area contributed by atoms with Gasteiger partial charge in [0.1, 0.15) is 5.54 Å². The van der Waals surface area contributed by atoms with E-state index in [2.05, 4.69) is 10.3 Å². The number of nitrogens with zero attached hydrogens (tertiary/aromatic N) is 1. The van der Waals surface area contributed by atoms with E-state index in [0.29, 0.717) is 23.7 Å². The summed E-state index contributed by atoms with van der Waals surface area (Å²) in [4.78, 5) is 15.3. The van der Waals surface area contributed by atoms with Crippen LogP contribution in [0.2, 0.25) is 5.02 Å². The van der Waals surface area contributed by atoms with Crippen molar-refractivity contribution >= 4 is 29.3 Å². The molecular weight excluding hydrogens is 272 g/mol. The van der Waals surface area contributed by atoms with Crippen molar-refractivity contribution < 1.29 is 9.90 Å². The zero-order valence-electron chi connectivity index (χ0n) is 10.4. The van der Waals surface area contributed by atoms with Crippen LogP contribution in [0.25, 0.3) is 0 Å². The normalized spacial score (nSPS) is 14.2. The molecule has 18 heavy (non-hydrogen) atoms. The highest BCUT2D eigenvalue weighted by atomic mass is 35.5. The Labute approximate surface area is 116 Å². The van der Waals surface area contributed by atoms with E-state index in [1.54, 1.807) is 19.2 Å². The van der Waals surface area contributed by atoms with E-state index in [1.807, 2.05) is 13.0 Å². The largest absolute Gasteiger partial charge is 0.480 e. The summed E-state index contributed by atoms with van der Waals surface area (Å²) in [6.07, 6.45) is 2.12. The van der Waals surface area contributed by atoms with Gasteiger partial charge in [0.2, 0.25) is 0 Å². The molecule has 1 atom stereocenters. The zero-order chi connectivity index (χ0) is 13.6. The second kappa shape index (κ2) is 6.97. The maximum Gasteiger partial charge on any atom is 0.323 e. The monoisotopic (exact) mass is 288 g/mol. The Morgan fingerprint density at radius 3 is 2.83 bits per heavy atom. The van der Waals surface area contributed by atoms with Crippen LogP contribution in [0.3, 0.4) is 0 Å². The van der Waals surface area contributed by atoms with Gasteiger partial charge in [-0.15, -0.1) is 11.8 Å². The van der Waals surface area contributed by atoms with Crippen LogP contribution in [-0.2, 0) is 4.79 Å². The van der Waals surface area contributed by atoms with Crippen LogP contribution >= 0.6 is 23.4 Å². The number of carbonyl (C=O) groups is 1. The van der Waals surface area contributed by atoms with Crippen LogP contribution in [0, 0.1) is 0 Å². The highest BCUT2D eigenvalue weighted by Gasteiger charge is 2.31. The Morgan fingerprint density at radius 2 is 2.33 bits per heavy atom. The van der Waals surface area contributed by atoms with E-state index in [9.17, 15) is 9.90 Å². The average molecular weight is 289 g/mol. The number of carboxylic acid groups (broad SMARTS) is 1. The van der Waals surface area contributed by atoms with Crippen molar-refractivity contribution in [3.8, 4) is 0 Å². The van der Waals surface area contributed by atoms with Gasteiger partial charge < -0.3 is 10.4 Å². The minimum Gasteiger partial charge on any atom is -0.480 e. The quantitative estimate of drug-likeness (QED) is 0.755. The van der Waals surface area contributed by atoms with E-state index < -0.39 is 11.5 Å². The first-order valence-corrected chi connectivity index (χ1v) is 7.07. The third-order valence-electron chi connectivity index (χ3n) is 2.59. The number of hydrogen-bond donors (Lipinski definition) is 2. The summed E-state index contributed by atoms with van der Waals surface area (Å²) in [7, 11) is 0. The Kier molecular flexibility index (Phi) is 5.91. The van der Waals surface area contributed by atoms with Gasteiger partial charge in [-0.05, 0) is 32.0 Å². The summed E-state index contributed by atoms with van der Waals surface area (Å²) in [6, 6.07) is 3.61. The molecule has 1 aromatic rings. The summed E-state index contributed by atoms with van der Waals surface area (Å²) in [5.41, 5.74) is -0.881. The summed E-state index contributed by atoms with van der Waals surface area (Å²) < 4.78 is 0. The second-order valence-electron chi connectivity index (χ2n) is 4.08. The Balaban J connectivity index is 2.48. The molecule has 1 heterocycles. The third-order valence-corrected chi connectivity index (χ3v) is 3.76. The first-order chi connectivity index (χ1) is 8.48. The predicted molar refractivity (Wildman–Crippen MR) is 74.3 cm³/mol. The van der Waals surface area contributed by atoms with Crippen LogP contribution in [0.15, 0.2) is 23.4 Å². The lowest BCUT2D eigenvalue weighted by Crippen LogP contribution is -2.49. The number of likely N-dealkylation sites (N-methyl/N-ethyl adjacent to an activating group) is 1. The molecule has 1 unspecified atom stereocenters. The highest BCUT2D eigenvalue weighted by Crippen LogP contribution is 2.21. The molecule has 0 aromatic carbocycles. The van der Waals surface area contributed by atoms with Crippen LogP contribution in [0.4, 0.5) is 0 Å². The highest BCUT2D eigenvalue weighted by molar-refractivity contribution is 7.99. The molecule has 0 aliphatic rings. The van der Waals surface area contributed by atoms with Crippen LogP contribution in [0.5, 0.6) is 0 Å². The number of halogens is 1. The van der Waals surface area contributed by atoms with Crippen LogP contribution in [0.1, 0.15) is 20.3 Å². The van der Waals surface area contributed by atoms with Crippen molar-refractivity contribution in [3.63, 3.8) is 0 Å². The number of hydrogen-bond acceptors (Lipinski definition) is 4. The van der Waals surface area contributed by atoms with E-state index in [-0.39, 0.29) is 0 Å². The van der Waals surface area contributed by atoms with Gasteiger partial charge in [-0.1, -0.05) is 18.5 Å². The van der Waals surface area contributed by atoms with Crippen molar-refractivity contribution in [1.29, 1.82) is 0 Å². The van der Waals surface area contributed by atoms with Gasteiger partial charge in [0.25, 0.3) is 0 Å². The molecule has 0 amide bonds. The number of aromatic nitrogens is 1. The van der Waals surface area contributed by atoms with E-state index in [1.165, 1.54) is 11.8 Å². The molecule has 0 fully saturated rings. The molecule has 1 rings (SSSR count). The fourth-order valence-electron chi connectivity index (χ4n) is 1.47. The van der Waals surface area contributed by atoms with Gasteiger partial charge in [-0.25, -0.2) is 4.98 Å². The predicted octanol–water partition coefficient (Wildman–Crippen LogP) is 2.67. The lowest BCUT2D eigenvalue weighted by molar-refractivity contribution is -0.144. The molecular formula is C12H17ClN2O2S. The molecule has 2 N–H and O–H groups in total. The van der Waals surface area contributed by atoms with Crippen molar-refractivity contribution in [2.45, 2.75) is 30.8 Å². The molecule has 0 saturated heterocycles. The van der Waals surface area contributed by atoms with Gasteiger partial charge in [0.05, 0.1) is 10.0 Å². The SMILES string of the molecule is CCNC(C)(CCSc1ccc(Cl)cn1)C(=O)O. The fourth-order valence-corrected chi connectivity index (χ4v) is 2.59. The fraction of sp³-hybridized carbons (Fsp3) is 0.500. The number of carboxylic acids is 1. The van der Waals surface area contributed by atoms with Crippen molar-refractivity contribution in [3.05, 3.63) is 23.4 Å². The minimum absolute atomic E-state index is 0.533. The maximum absolute atomic E-state index is 11.2. The standard InChI is InChI=1S/C12H17ClN2O2S/c1-3-15-12(2,11(16)17)6-7-18-10-5-4-9(13)8-14-10/h4-5,8,15H,3,6-7H2,1-2H3,(H,16,17). The lowest BCUT2D eigenvalue weighted by atomic mass is 9.99. The molecule has 0 spiro atoms. The van der Waals surface area contributed by atoms with Crippen LogP contribution < -0.4 is 5.32 Å². The third kappa shape index (κ3) is 4.48. The molecule has 1 aromatic heterocycles. The van der Waals surface area contributed by atoms with Crippen molar-refractivity contribution in [1.82, 2.24) is 10.3 Å². The molecule has 6 heteroatoms. The summed E-state index contributed by atoms with van der Waals surface area (Å²) in [5.74, 6) is -0.140. The van der Waals surface area contributed by atoms with Gasteiger partial charge in [-0.2, -0.15) is 0 Å². The Morgan fingerprint density at radius 1 is 1.61 bits per heavy atom. The molecule has 4 nitrogen and oxygen atoms in total. The van der Waals surface area contributed by atoms with Gasteiger partial charge in [0, 0.05) is 11.9 Å². The minimum atomic E-state index is -0.881. The zero-order valence-corrected chi connectivity index (χ0v) is 12.0. The number of nitrogens with one attached hydrogen (secondary N) is 1. The molecule has 0 aliphatic carbocycles. The van der Waals surface area contributed by atoms with E-state index in [0.717, 1.165) is 5.03 Å². The first-order valence-electron chi connectivity index (χ1n) is 5.70. The van der Waals surface area contributed by atoms with Crippen molar-refractivity contribution in [2.24, 2.45) is 0 Å². The second-order valence-corrected chi connectivity index (χ2v) is 5.63. The van der Waals surface area contributed by atoms with Crippen molar-refractivity contribution in [2.75, 3.05) is 12.3 Å². The first kappa shape index (κ1) is 15.3. The summed E-state index contributed by atoms with van der Waals surface area (Å²) in [6.45, 7) is 4.23. The Bertz CT molecular complexity index is 400. The number of pyridine rings is 1. The lowest BCUT2D eigenvalue weighted by Gasteiger charge is -2.25. The Hall–Kier alpha value is -0.780. The molecule has 0 bridgehead atoms. The molecule has 0 aliphatic heterocycles. The average Bonchev–Trinajstić information content (AvgIpc) is 2.32. The summed E-state index contributed by atoms with van der Waals surface area (Å²) >= 11 is 7.27. The van der Waals surface area contributed by atoms with Crippen LogP contribution in [-0.4, -0.2) is 33.9 Å². The summed E-state index contributed by atoms with van der Waals surface area (Å²) in [5, 5.41) is 13.6. The number of thioether (sulfide) groups is 1. The number of aliphatic carboxylic acids is 1.